The van der Waals surface area contributed by atoms with Crippen molar-refractivity contribution >= 4 is 5.82 Å². The van der Waals surface area contributed by atoms with Crippen molar-refractivity contribution in [3.05, 3.63) is 47.4 Å². The SMILES string of the molecule is Cc1ccc2c(c1)[C@@H](Nc1ccnc(C)n1)CO2. The van der Waals surface area contributed by atoms with Gasteiger partial charge in [-0.2, -0.15) is 0 Å². The minimum absolute atomic E-state index is 0.161. The molecule has 1 aliphatic rings. The van der Waals surface area contributed by atoms with E-state index in [1.54, 1.807) is 6.20 Å². The van der Waals surface area contributed by atoms with Crippen LogP contribution in [0.15, 0.2) is 30.5 Å². The number of rotatable bonds is 2. The quantitative estimate of drug-likeness (QED) is 0.878. The third kappa shape index (κ3) is 2.01. The van der Waals surface area contributed by atoms with Crippen LogP contribution >= 0.6 is 0 Å². The predicted molar refractivity (Wildman–Crippen MR) is 69.8 cm³/mol. The van der Waals surface area contributed by atoms with E-state index < -0.39 is 0 Å². The van der Waals surface area contributed by atoms with Crippen LogP contribution in [0, 0.1) is 13.8 Å². The number of ether oxygens (including phenoxy) is 1. The number of aryl methyl sites for hydroxylation is 2. The van der Waals surface area contributed by atoms with Crippen LogP contribution in [0.2, 0.25) is 0 Å². The summed E-state index contributed by atoms with van der Waals surface area (Å²) in [7, 11) is 0. The van der Waals surface area contributed by atoms with Crippen LogP contribution in [0.3, 0.4) is 0 Å². The molecule has 18 heavy (non-hydrogen) atoms. The van der Waals surface area contributed by atoms with Gasteiger partial charge in [-0.15, -0.1) is 0 Å². The van der Waals surface area contributed by atoms with Crippen molar-refractivity contribution < 1.29 is 4.74 Å². The first-order valence-corrected chi connectivity index (χ1v) is 6.02. The summed E-state index contributed by atoms with van der Waals surface area (Å²) in [5.74, 6) is 2.57. The molecule has 0 radical (unpaired) electrons. The van der Waals surface area contributed by atoms with Crippen molar-refractivity contribution in [2.75, 3.05) is 11.9 Å². The summed E-state index contributed by atoms with van der Waals surface area (Å²) in [6.45, 7) is 4.61. The van der Waals surface area contributed by atoms with Crippen molar-refractivity contribution in [1.82, 2.24) is 9.97 Å². The Labute approximate surface area is 106 Å². The lowest BCUT2D eigenvalue weighted by Gasteiger charge is -2.12. The fraction of sp³-hybridized carbons (Fsp3) is 0.286. The van der Waals surface area contributed by atoms with Crippen LogP contribution in [-0.2, 0) is 0 Å². The van der Waals surface area contributed by atoms with E-state index in [0.717, 1.165) is 17.4 Å². The third-order valence-corrected chi connectivity index (χ3v) is 3.04. The topological polar surface area (TPSA) is 47.0 Å². The number of aromatic nitrogens is 2. The molecule has 1 aromatic carbocycles. The number of anilines is 1. The Bertz CT molecular complexity index is 583. The minimum Gasteiger partial charge on any atom is -0.491 e. The van der Waals surface area contributed by atoms with Crippen LogP contribution in [0.1, 0.15) is 23.0 Å². The third-order valence-electron chi connectivity index (χ3n) is 3.04. The molecule has 4 heteroatoms. The smallest absolute Gasteiger partial charge is 0.130 e. The van der Waals surface area contributed by atoms with Gasteiger partial charge in [0.05, 0.1) is 6.04 Å². The maximum Gasteiger partial charge on any atom is 0.130 e. The zero-order valence-electron chi connectivity index (χ0n) is 10.5. The molecule has 1 aliphatic heterocycles. The van der Waals surface area contributed by atoms with Crippen molar-refractivity contribution in [3.8, 4) is 5.75 Å². The lowest BCUT2D eigenvalue weighted by atomic mass is 10.1. The molecule has 1 N–H and O–H groups in total. The maximum absolute atomic E-state index is 5.66. The molecule has 92 valence electrons. The zero-order chi connectivity index (χ0) is 12.5. The summed E-state index contributed by atoms with van der Waals surface area (Å²) >= 11 is 0. The van der Waals surface area contributed by atoms with Crippen LogP contribution in [0.4, 0.5) is 5.82 Å². The molecule has 0 bridgehead atoms. The Morgan fingerprint density at radius 2 is 2.17 bits per heavy atom. The number of nitrogens with zero attached hydrogens (tertiary/aromatic N) is 2. The monoisotopic (exact) mass is 241 g/mol. The average molecular weight is 241 g/mol. The highest BCUT2D eigenvalue weighted by Gasteiger charge is 2.24. The Morgan fingerprint density at radius 1 is 1.28 bits per heavy atom. The summed E-state index contributed by atoms with van der Waals surface area (Å²) in [5.41, 5.74) is 2.44. The molecule has 0 fully saturated rings. The molecule has 4 nitrogen and oxygen atoms in total. The summed E-state index contributed by atoms with van der Waals surface area (Å²) in [6.07, 6.45) is 1.76. The highest BCUT2D eigenvalue weighted by atomic mass is 16.5. The second-order valence-electron chi connectivity index (χ2n) is 4.54. The van der Waals surface area contributed by atoms with Crippen LogP contribution < -0.4 is 10.1 Å². The molecule has 3 rings (SSSR count). The minimum atomic E-state index is 0.161. The molecule has 2 aromatic rings. The van der Waals surface area contributed by atoms with Crippen molar-refractivity contribution in [1.29, 1.82) is 0 Å². The lowest BCUT2D eigenvalue weighted by Crippen LogP contribution is -2.13. The fourth-order valence-electron chi connectivity index (χ4n) is 2.17. The maximum atomic E-state index is 5.66. The van der Waals surface area contributed by atoms with Crippen molar-refractivity contribution in [2.24, 2.45) is 0 Å². The van der Waals surface area contributed by atoms with E-state index in [-0.39, 0.29) is 6.04 Å². The number of benzene rings is 1. The van der Waals surface area contributed by atoms with Gasteiger partial charge < -0.3 is 10.1 Å². The van der Waals surface area contributed by atoms with Crippen molar-refractivity contribution in [3.63, 3.8) is 0 Å². The van der Waals surface area contributed by atoms with Gasteiger partial charge in [0, 0.05) is 11.8 Å². The molecule has 0 aliphatic carbocycles. The molecule has 2 heterocycles. The summed E-state index contributed by atoms with van der Waals surface area (Å²) in [6, 6.07) is 8.29. The van der Waals surface area contributed by atoms with E-state index in [0.29, 0.717) is 6.61 Å². The molecule has 1 aromatic heterocycles. The first-order valence-electron chi connectivity index (χ1n) is 6.02. The summed E-state index contributed by atoms with van der Waals surface area (Å²) in [5, 5.41) is 3.39. The number of hydrogen-bond donors (Lipinski definition) is 1. The summed E-state index contributed by atoms with van der Waals surface area (Å²) < 4.78 is 5.66. The molecular weight excluding hydrogens is 226 g/mol. The predicted octanol–water partition coefficient (Wildman–Crippen LogP) is 2.64. The number of nitrogens with one attached hydrogen (secondary N) is 1. The molecule has 0 unspecified atom stereocenters. The van der Waals surface area contributed by atoms with Gasteiger partial charge in [0.25, 0.3) is 0 Å². The van der Waals surface area contributed by atoms with E-state index in [2.05, 4.69) is 34.3 Å². The van der Waals surface area contributed by atoms with Gasteiger partial charge >= 0.3 is 0 Å². The Hall–Kier alpha value is -2.10. The Kier molecular flexibility index (Phi) is 2.63. The van der Waals surface area contributed by atoms with Gasteiger partial charge in [-0.1, -0.05) is 17.7 Å². The van der Waals surface area contributed by atoms with Gasteiger partial charge in [0.2, 0.25) is 0 Å². The van der Waals surface area contributed by atoms with Crippen LogP contribution in [-0.4, -0.2) is 16.6 Å². The molecular formula is C14H15N3O. The normalized spacial score (nSPS) is 17.1. The van der Waals surface area contributed by atoms with Gasteiger partial charge in [-0.05, 0) is 26.0 Å². The molecule has 0 amide bonds. The fourth-order valence-corrected chi connectivity index (χ4v) is 2.17. The Morgan fingerprint density at radius 3 is 3.00 bits per heavy atom. The first kappa shape index (κ1) is 11.0. The van der Waals surface area contributed by atoms with Gasteiger partial charge in [0.15, 0.2) is 0 Å². The van der Waals surface area contributed by atoms with Gasteiger partial charge in [-0.3, -0.25) is 0 Å². The van der Waals surface area contributed by atoms with Gasteiger partial charge in [-0.25, -0.2) is 9.97 Å². The van der Waals surface area contributed by atoms with Gasteiger partial charge in [0.1, 0.15) is 24.0 Å². The zero-order valence-corrected chi connectivity index (χ0v) is 10.5. The number of fused-ring (bicyclic) bond motifs is 1. The number of hydrogen-bond acceptors (Lipinski definition) is 4. The molecule has 1 atom stereocenters. The molecule has 0 saturated heterocycles. The second-order valence-corrected chi connectivity index (χ2v) is 4.54. The second kappa shape index (κ2) is 4.29. The molecule has 0 saturated carbocycles. The molecule has 0 spiro atoms. The standard InChI is InChI=1S/C14H15N3O/c1-9-3-4-13-11(7-9)12(8-18-13)17-14-5-6-15-10(2)16-14/h3-7,12H,8H2,1-2H3,(H,15,16,17)/t12-/m0/s1. The van der Waals surface area contributed by atoms with Crippen molar-refractivity contribution in [2.45, 2.75) is 19.9 Å². The van der Waals surface area contributed by atoms with Crippen LogP contribution in [0.25, 0.3) is 0 Å². The lowest BCUT2D eigenvalue weighted by molar-refractivity contribution is 0.339. The highest BCUT2D eigenvalue weighted by Crippen LogP contribution is 2.34. The van der Waals surface area contributed by atoms with E-state index in [9.17, 15) is 0 Å². The van der Waals surface area contributed by atoms with E-state index in [1.807, 2.05) is 19.1 Å². The highest BCUT2D eigenvalue weighted by molar-refractivity contribution is 5.47. The Balaban J connectivity index is 1.86. The van der Waals surface area contributed by atoms with Crippen LogP contribution in [0.5, 0.6) is 5.75 Å². The van der Waals surface area contributed by atoms with E-state index in [1.165, 1.54) is 11.1 Å². The summed E-state index contributed by atoms with van der Waals surface area (Å²) in [4.78, 5) is 8.44. The van der Waals surface area contributed by atoms with E-state index >= 15 is 0 Å². The largest absolute Gasteiger partial charge is 0.491 e. The average Bonchev–Trinajstić information content (AvgIpc) is 2.72. The first-order chi connectivity index (χ1) is 8.72. The van der Waals surface area contributed by atoms with E-state index in [4.69, 9.17) is 4.74 Å².